The summed E-state index contributed by atoms with van der Waals surface area (Å²) in [5.41, 5.74) is 2.93. The monoisotopic (exact) mass is 713 g/mol. The number of carbonyl (C=O) groups is 2. The Balaban J connectivity index is 1.57. The first-order valence-electron chi connectivity index (χ1n) is 18.2. The predicted molar refractivity (Wildman–Crippen MR) is 201 cm³/mol. The summed E-state index contributed by atoms with van der Waals surface area (Å²) in [5, 5.41) is 34.5. The first-order valence-corrected chi connectivity index (χ1v) is 20.1. The summed E-state index contributed by atoms with van der Waals surface area (Å²) in [5.74, 6) is -3.75. The molecule has 1 saturated heterocycles. The normalized spacial score (nSPS) is 20.6. The fourth-order valence-corrected chi connectivity index (χ4v) is 12.8. The Morgan fingerprint density at radius 1 is 1.00 bits per heavy atom. The number of phenols is 1. The van der Waals surface area contributed by atoms with Crippen LogP contribution in [0.25, 0.3) is 6.08 Å². The molecule has 7 nitrogen and oxygen atoms in total. The van der Waals surface area contributed by atoms with Crippen LogP contribution in [0.5, 0.6) is 5.75 Å². The van der Waals surface area contributed by atoms with Crippen molar-refractivity contribution in [2.45, 2.75) is 77.9 Å². The van der Waals surface area contributed by atoms with E-state index in [1.165, 1.54) is 17.0 Å². The molecule has 3 aromatic rings. The second kappa shape index (κ2) is 16.2. The molecule has 51 heavy (non-hydrogen) atoms. The van der Waals surface area contributed by atoms with Gasteiger partial charge in [-0.15, -0.1) is 0 Å². The maximum atomic E-state index is 14.1. The minimum atomic E-state index is -3.01. The SMILES string of the molecule is CCCN1C(=O)[C@@H]2[C@@H](CC(CO[Si](c3ccccc3)(c3ccccc3)C(C)(C)C)=C([C@H](O)CC/C(=C/c3ccc(O)c(F)c3)CC)[C@@H]2CO)C1=O. The van der Waals surface area contributed by atoms with Crippen LogP contribution in [0.2, 0.25) is 5.04 Å². The van der Waals surface area contributed by atoms with Crippen LogP contribution in [-0.2, 0) is 14.0 Å². The van der Waals surface area contributed by atoms with E-state index in [0.717, 1.165) is 21.5 Å². The van der Waals surface area contributed by atoms with Gasteiger partial charge in [-0.3, -0.25) is 14.5 Å². The van der Waals surface area contributed by atoms with Gasteiger partial charge in [-0.1, -0.05) is 113 Å². The summed E-state index contributed by atoms with van der Waals surface area (Å²) in [7, 11) is -3.01. The number of imide groups is 1. The van der Waals surface area contributed by atoms with Gasteiger partial charge in [0.2, 0.25) is 11.8 Å². The van der Waals surface area contributed by atoms with Crippen molar-refractivity contribution in [1.29, 1.82) is 0 Å². The number of halogens is 1. The molecule has 1 heterocycles. The summed E-state index contributed by atoms with van der Waals surface area (Å²) < 4.78 is 21.4. The Morgan fingerprint density at radius 2 is 1.63 bits per heavy atom. The number of hydrogen-bond acceptors (Lipinski definition) is 6. The number of hydrogen-bond donors (Lipinski definition) is 3. The zero-order valence-electron chi connectivity index (χ0n) is 30.4. The number of amides is 2. The van der Waals surface area contributed by atoms with Crippen molar-refractivity contribution in [2.24, 2.45) is 17.8 Å². The Morgan fingerprint density at radius 3 is 2.16 bits per heavy atom. The molecule has 2 amide bonds. The average molecular weight is 714 g/mol. The highest BCUT2D eigenvalue weighted by molar-refractivity contribution is 6.99. The topological polar surface area (TPSA) is 107 Å². The van der Waals surface area contributed by atoms with E-state index in [4.69, 9.17) is 4.43 Å². The first-order chi connectivity index (χ1) is 24.4. The fourth-order valence-electron chi connectivity index (χ4n) is 8.24. The maximum absolute atomic E-state index is 14.1. The molecule has 9 heteroatoms. The van der Waals surface area contributed by atoms with Gasteiger partial charge < -0.3 is 19.7 Å². The van der Waals surface area contributed by atoms with E-state index < -0.39 is 50.3 Å². The van der Waals surface area contributed by atoms with Gasteiger partial charge >= 0.3 is 0 Å². The highest BCUT2D eigenvalue weighted by Crippen LogP contribution is 2.47. The van der Waals surface area contributed by atoms with Crippen LogP contribution < -0.4 is 10.4 Å². The molecule has 0 saturated carbocycles. The molecule has 1 fully saturated rings. The lowest BCUT2D eigenvalue weighted by molar-refractivity contribution is -0.140. The van der Waals surface area contributed by atoms with Gasteiger partial charge in [0.15, 0.2) is 11.6 Å². The lowest BCUT2D eigenvalue weighted by Crippen LogP contribution is -2.66. The van der Waals surface area contributed by atoms with E-state index in [-0.39, 0.29) is 29.9 Å². The lowest BCUT2D eigenvalue weighted by Gasteiger charge is -2.44. The number of carbonyl (C=O) groups excluding carboxylic acids is 2. The zero-order chi connectivity index (χ0) is 36.9. The van der Waals surface area contributed by atoms with E-state index in [2.05, 4.69) is 45.0 Å². The van der Waals surface area contributed by atoms with Crippen molar-refractivity contribution in [3.05, 3.63) is 107 Å². The van der Waals surface area contributed by atoms with Crippen molar-refractivity contribution in [3.63, 3.8) is 0 Å². The summed E-state index contributed by atoms with van der Waals surface area (Å²) >= 11 is 0. The van der Waals surface area contributed by atoms with E-state index in [1.54, 1.807) is 6.07 Å². The van der Waals surface area contributed by atoms with Crippen molar-refractivity contribution in [3.8, 4) is 5.75 Å². The third-order valence-corrected chi connectivity index (χ3v) is 15.7. The van der Waals surface area contributed by atoms with Gasteiger partial charge in [-0.05, 0) is 76.4 Å². The van der Waals surface area contributed by atoms with Crippen molar-refractivity contribution >= 4 is 36.6 Å². The molecule has 1 aliphatic carbocycles. The number of phenolic OH excluding ortho intramolecular Hbond substituents is 1. The molecular formula is C42H52FNO6Si. The lowest BCUT2D eigenvalue weighted by atomic mass is 9.68. The van der Waals surface area contributed by atoms with Crippen molar-refractivity contribution in [1.82, 2.24) is 4.90 Å². The summed E-state index contributed by atoms with van der Waals surface area (Å²) in [6, 6.07) is 24.7. The maximum Gasteiger partial charge on any atom is 0.261 e. The van der Waals surface area contributed by atoms with E-state index >= 15 is 0 Å². The summed E-state index contributed by atoms with van der Waals surface area (Å²) in [6.45, 7) is 10.6. The number of rotatable bonds is 14. The Labute approximate surface area is 302 Å². The third kappa shape index (κ3) is 7.67. The van der Waals surface area contributed by atoms with Gasteiger partial charge in [-0.25, -0.2) is 4.39 Å². The average Bonchev–Trinajstić information content (AvgIpc) is 3.35. The van der Waals surface area contributed by atoms with Crippen LogP contribution in [-0.4, -0.2) is 66.2 Å². The number of likely N-dealkylation sites (tertiary alicyclic amines) is 1. The highest BCUT2D eigenvalue weighted by Gasteiger charge is 2.55. The number of benzene rings is 3. The molecule has 0 radical (unpaired) electrons. The molecule has 0 bridgehead atoms. The quantitative estimate of drug-likeness (QED) is 0.102. The summed E-state index contributed by atoms with van der Waals surface area (Å²) in [4.78, 5) is 28.9. The second-order valence-electron chi connectivity index (χ2n) is 14.9. The standard InChI is InChI=1S/C42H52FNO6Si/c1-6-22-44-40(48)33-25-30(27-50-51(42(3,4)5,31-14-10-8-11-15-31)32-16-12-9-13-17-32)38(34(26-45)39(33)41(44)49)37(47)21-18-28(7-2)23-29-19-20-36(46)35(43)24-29/h8-17,19-20,23-24,33-34,37,39,45-47H,6-7,18,21-22,25-27H2,1-5H3/b28-23+/t33-,34+,37-,39-/m1/s1. The number of aliphatic hydroxyl groups excluding tert-OH is 2. The molecule has 0 spiro atoms. The molecule has 0 unspecified atom stereocenters. The largest absolute Gasteiger partial charge is 0.505 e. The third-order valence-electron chi connectivity index (χ3n) is 10.7. The second-order valence-corrected chi connectivity index (χ2v) is 19.2. The molecular weight excluding hydrogens is 662 g/mol. The summed E-state index contributed by atoms with van der Waals surface area (Å²) in [6.07, 6.45) is 3.17. The van der Waals surface area contributed by atoms with E-state index in [1.807, 2.05) is 56.3 Å². The Hall–Kier alpha value is -3.89. The van der Waals surface area contributed by atoms with E-state index in [9.17, 15) is 29.3 Å². The van der Waals surface area contributed by atoms with Crippen molar-refractivity contribution in [2.75, 3.05) is 19.8 Å². The Bertz CT molecular complexity index is 1710. The van der Waals surface area contributed by atoms with Gasteiger partial charge in [0.25, 0.3) is 8.32 Å². The van der Waals surface area contributed by atoms with Gasteiger partial charge in [0.05, 0.1) is 31.2 Å². The zero-order valence-corrected chi connectivity index (χ0v) is 31.4. The number of aromatic hydroxyl groups is 1. The van der Waals surface area contributed by atoms with Crippen molar-refractivity contribution < 1.29 is 33.7 Å². The number of fused-ring (bicyclic) bond motifs is 1. The van der Waals surface area contributed by atoms with Crippen LogP contribution >= 0.6 is 0 Å². The number of nitrogens with zero attached hydrogens (tertiary/aromatic N) is 1. The van der Waals surface area contributed by atoms with Gasteiger partial charge in [0.1, 0.15) is 0 Å². The molecule has 1 aliphatic heterocycles. The molecule has 3 N–H and O–H groups in total. The fraction of sp³-hybridized carbons (Fsp3) is 0.429. The van der Waals surface area contributed by atoms with Gasteiger partial charge in [0, 0.05) is 12.5 Å². The number of allylic oxidation sites excluding steroid dienone is 1. The van der Waals surface area contributed by atoms with Crippen LogP contribution in [0.4, 0.5) is 4.39 Å². The van der Waals surface area contributed by atoms with Crippen LogP contribution in [0.1, 0.15) is 72.3 Å². The van der Waals surface area contributed by atoms with E-state index in [0.29, 0.717) is 43.4 Å². The number of aliphatic hydroxyl groups is 2. The minimum absolute atomic E-state index is 0.137. The Kier molecular flexibility index (Phi) is 12.2. The van der Waals surface area contributed by atoms with Crippen LogP contribution in [0, 0.1) is 23.6 Å². The predicted octanol–water partition coefficient (Wildman–Crippen LogP) is 6.36. The molecule has 2 aliphatic rings. The molecule has 4 atom stereocenters. The molecule has 5 rings (SSSR count). The molecule has 3 aromatic carbocycles. The van der Waals surface area contributed by atoms with Gasteiger partial charge in [-0.2, -0.15) is 0 Å². The molecule has 272 valence electrons. The first kappa shape index (κ1) is 38.3. The minimum Gasteiger partial charge on any atom is -0.505 e. The molecule has 0 aromatic heterocycles. The van der Waals surface area contributed by atoms with Crippen LogP contribution in [0.15, 0.2) is 95.6 Å². The highest BCUT2D eigenvalue weighted by atomic mass is 28.4. The van der Waals surface area contributed by atoms with Crippen LogP contribution in [0.3, 0.4) is 0 Å². The smallest absolute Gasteiger partial charge is 0.261 e.